The normalized spacial score (nSPS) is 25.4. The third-order valence-corrected chi connectivity index (χ3v) is 5.33. The molecule has 1 aromatic rings. The highest BCUT2D eigenvalue weighted by atomic mass is 35.5. The zero-order valence-corrected chi connectivity index (χ0v) is 13.3. The fourth-order valence-electron chi connectivity index (χ4n) is 3.23. The lowest BCUT2D eigenvalue weighted by molar-refractivity contribution is -0.123. The van der Waals surface area contributed by atoms with Crippen molar-refractivity contribution in [1.29, 1.82) is 0 Å². The van der Waals surface area contributed by atoms with Gasteiger partial charge in [-0.2, -0.15) is 0 Å². The largest absolute Gasteiger partial charge is 0.355 e. The van der Waals surface area contributed by atoms with Crippen LogP contribution < -0.4 is 10.6 Å². The summed E-state index contributed by atoms with van der Waals surface area (Å²) in [7, 11) is 0. The van der Waals surface area contributed by atoms with E-state index in [9.17, 15) is 4.79 Å². The van der Waals surface area contributed by atoms with Gasteiger partial charge in [-0.15, -0.1) is 23.7 Å². The van der Waals surface area contributed by atoms with Gasteiger partial charge < -0.3 is 10.6 Å². The lowest BCUT2D eigenvalue weighted by Crippen LogP contribution is -2.40. The van der Waals surface area contributed by atoms with Crippen molar-refractivity contribution in [1.82, 2.24) is 10.6 Å². The van der Waals surface area contributed by atoms with Gasteiger partial charge in [0.15, 0.2) is 0 Å². The van der Waals surface area contributed by atoms with Crippen molar-refractivity contribution < 1.29 is 4.79 Å². The van der Waals surface area contributed by atoms with Gasteiger partial charge in [-0.25, -0.2) is 0 Å². The van der Waals surface area contributed by atoms with Gasteiger partial charge in [0.1, 0.15) is 0 Å². The number of hydrogen-bond acceptors (Lipinski definition) is 3. The maximum absolute atomic E-state index is 12.4. The van der Waals surface area contributed by atoms with Crippen molar-refractivity contribution in [2.75, 3.05) is 19.6 Å². The number of piperidine rings is 1. The Morgan fingerprint density at radius 1 is 1.40 bits per heavy atom. The number of amides is 1. The Hall–Kier alpha value is -0.580. The van der Waals surface area contributed by atoms with E-state index >= 15 is 0 Å². The van der Waals surface area contributed by atoms with Crippen LogP contribution in [0.5, 0.6) is 0 Å². The van der Waals surface area contributed by atoms with Gasteiger partial charge in [0.2, 0.25) is 5.91 Å². The summed E-state index contributed by atoms with van der Waals surface area (Å²) in [5, 5.41) is 8.70. The van der Waals surface area contributed by atoms with Crippen LogP contribution in [0.3, 0.4) is 0 Å². The number of carbonyl (C=O) groups is 1. The molecule has 112 valence electrons. The van der Waals surface area contributed by atoms with Crippen molar-refractivity contribution in [3.05, 3.63) is 21.9 Å². The van der Waals surface area contributed by atoms with Crippen molar-refractivity contribution in [3.8, 4) is 0 Å². The van der Waals surface area contributed by atoms with Gasteiger partial charge in [0.25, 0.3) is 0 Å². The number of hydrogen-bond donors (Lipinski definition) is 2. The molecule has 1 aromatic heterocycles. The van der Waals surface area contributed by atoms with E-state index in [0.717, 1.165) is 38.9 Å². The molecular formula is C15H23ClN2OS. The van der Waals surface area contributed by atoms with E-state index in [-0.39, 0.29) is 24.2 Å². The minimum atomic E-state index is 0. The quantitative estimate of drug-likeness (QED) is 0.900. The second-order valence-electron chi connectivity index (χ2n) is 5.70. The van der Waals surface area contributed by atoms with E-state index in [1.165, 1.54) is 23.3 Å². The van der Waals surface area contributed by atoms with Crippen LogP contribution in [0.25, 0.3) is 0 Å². The Morgan fingerprint density at radius 3 is 3.10 bits per heavy atom. The third-order valence-electron chi connectivity index (χ3n) is 4.33. The third kappa shape index (κ3) is 3.54. The molecule has 1 aliphatic carbocycles. The van der Waals surface area contributed by atoms with Gasteiger partial charge >= 0.3 is 0 Å². The molecule has 1 fully saturated rings. The molecule has 5 heteroatoms. The Kier molecular flexibility index (Phi) is 5.87. The Bertz CT molecular complexity index is 443. The second kappa shape index (κ2) is 7.43. The molecule has 20 heavy (non-hydrogen) atoms. The smallest absolute Gasteiger partial charge is 0.227 e. The van der Waals surface area contributed by atoms with Crippen molar-refractivity contribution in [2.24, 2.45) is 5.92 Å². The Labute approximate surface area is 130 Å². The highest BCUT2D eigenvalue weighted by molar-refractivity contribution is 7.10. The van der Waals surface area contributed by atoms with E-state index in [0.29, 0.717) is 5.92 Å². The number of halogens is 1. The van der Waals surface area contributed by atoms with Crippen LogP contribution in [0.2, 0.25) is 0 Å². The molecular weight excluding hydrogens is 292 g/mol. The molecule has 0 bridgehead atoms. The Morgan fingerprint density at radius 2 is 2.30 bits per heavy atom. The SMILES string of the molecule is Cl.O=C(NCC1CCCNC1)C1CCCc2sccc21. The maximum atomic E-state index is 12.4. The summed E-state index contributed by atoms with van der Waals surface area (Å²) in [5.74, 6) is 0.958. The molecule has 1 aliphatic heterocycles. The average Bonchev–Trinajstić information content (AvgIpc) is 2.94. The molecule has 0 radical (unpaired) electrons. The molecule has 2 N–H and O–H groups in total. The monoisotopic (exact) mass is 314 g/mol. The lowest BCUT2D eigenvalue weighted by Gasteiger charge is -2.25. The minimum Gasteiger partial charge on any atom is -0.355 e. The number of aryl methyl sites for hydroxylation is 1. The average molecular weight is 315 g/mol. The van der Waals surface area contributed by atoms with Crippen LogP contribution in [0.15, 0.2) is 11.4 Å². The number of nitrogens with one attached hydrogen (secondary N) is 2. The topological polar surface area (TPSA) is 41.1 Å². The molecule has 3 rings (SSSR count). The zero-order valence-electron chi connectivity index (χ0n) is 11.7. The number of rotatable bonds is 3. The second-order valence-corrected chi connectivity index (χ2v) is 6.70. The summed E-state index contributed by atoms with van der Waals surface area (Å²) >= 11 is 1.80. The summed E-state index contributed by atoms with van der Waals surface area (Å²) in [6, 6.07) is 2.14. The van der Waals surface area contributed by atoms with Crippen LogP contribution in [0.1, 0.15) is 42.0 Å². The number of carbonyl (C=O) groups excluding carboxylic acids is 1. The molecule has 0 spiro atoms. The fourth-order valence-corrected chi connectivity index (χ4v) is 4.21. The fraction of sp³-hybridized carbons (Fsp3) is 0.667. The molecule has 3 nitrogen and oxygen atoms in total. The van der Waals surface area contributed by atoms with Crippen LogP contribution in [0, 0.1) is 5.92 Å². The first-order valence-electron chi connectivity index (χ1n) is 7.39. The first-order chi connectivity index (χ1) is 9.34. The summed E-state index contributed by atoms with van der Waals surface area (Å²) in [6.45, 7) is 3.02. The predicted molar refractivity (Wildman–Crippen MR) is 85.8 cm³/mol. The predicted octanol–water partition coefficient (Wildman–Crippen LogP) is 2.71. The molecule has 2 aliphatic rings. The molecule has 2 atom stereocenters. The number of thiophene rings is 1. The lowest BCUT2D eigenvalue weighted by atomic mass is 9.87. The van der Waals surface area contributed by atoms with E-state index in [1.807, 2.05) is 0 Å². The first kappa shape index (κ1) is 15.8. The summed E-state index contributed by atoms with van der Waals surface area (Å²) in [6.07, 6.45) is 5.79. The van der Waals surface area contributed by atoms with Crippen molar-refractivity contribution in [3.63, 3.8) is 0 Å². The van der Waals surface area contributed by atoms with Crippen molar-refractivity contribution >= 4 is 29.7 Å². The standard InChI is InChI=1S/C15H22N2OS.ClH/c18-15(17-10-11-3-2-7-16-9-11)13-4-1-5-14-12(13)6-8-19-14;/h6,8,11,13,16H,1-5,7,9-10H2,(H,17,18);1H. The maximum Gasteiger partial charge on any atom is 0.227 e. The highest BCUT2D eigenvalue weighted by Gasteiger charge is 2.27. The molecule has 1 saturated heterocycles. The molecule has 0 aromatic carbocycles. The van der Waals surface area contributed by atoms with Crippen LogP contribution >= 0.6 is 23.7 Å². The Balaban J connectivity index is 0.00000147. The molecule has 2 unspecified atom stereocenters. The van der Waals surface area contributed by atoms with E-state index in [1.54, 1.807) is 11.3 Å². The van der Waals surface area contributed by atoms with E-state index < -0.39 is 0 Å². The van der Waals surface area contributed by atoms with E-state index in [2.05, 4.69) is 22.1 Å². The van der Waals surface area contributed by atoms with Crippen molar-refractivity contribution in [2.45, 2.75) is 38.0 Å². The summed E-state index contributed by atoms with van der Waals surface area (Å²) in [4.78, 5) is 13.8. The van der Waals surface area contributed by atoms with Gasteiger partial charge in [-0.3, -0.25) is 4.79 Å². The first-order valence-corrected chi connectivity index (χ1v) is 8.27. The van der Waals surface area contributed by atoms with E-state index in [4.69, 9.17) is 0 Å². The van der Waals surface area contributed by atoms with Crippen LogP contribution in [-0.4, -0.2) is 25.5 Å². The highest BCUT2D eigenvalue weighted by Crippen LogP contribution is 2.34. The van der Waals surface area contributed by atoms with Gasteiger partial charge in [0.05, 0.1) is 5.92 Å². The molecule has 2 heterocycles. The molecule has 0 saturated carbocycles. The van der Waals surface area contributed by atoms with Gasteiger partial charge in [0, 0.05) is 11.4 Å². The van der Waals surface area contributed by atoms with Crippen LogP contribution in [-0.2, 0) is 11.2 Å². The minimum absolute atomic E-state index is 0. The summed E-state index contributed by atoms with van der Waals surface area (Å²) in [5.41, 5.74) is 1.29. The van der Waals surface area contributed by atoms with Gasteiger partial charge in [-0.1, -0.05) is 0 Å². The van der Waals surface area contributed by atoms with Gasteiger partial charge in [-0.05, 0) is 68.1 Å². The molecule has 1 amide bonds. The zero-order chi connectivity index (χ0) is 13.1. The number of fused-ring (bicyclic) bond motifs is 1. The summed E-state index contributed by atoms with van der Waals surface area (Å²) < 4.78 is 0. The van der Waals surface area contributed by atoms with Crippen LogP contribution in [0.4, 0.5) is 0 Å².